The summed E-state index contributed by atoms with van der Waals surface area (Å²) in [6.07, 6.45) is 0.776. The predicted molar refractivity (Wildman–Crippen MR) is 214 cm³/mol. The minimum Gasteiger partial charge on any atom is -0.463 e. The number of hydrogen-bond acceptors (Lipinski definition) is 14. The number of ketones is 1. The van der Waals surface area contributed by atoms with Gasteiger partial charge in [0.15, 0.2) is 30.6 Å². The number of unbranched alkanes of at least 4 members (excludes halogenated alkanes) is 2. The van der Waals surface area contributed by atoms with Gasteiger partial charge in [-0.05, 0) is 65.5 Å². The quantitative estimate of drug-likeness (QED) is 0.125. The monoisotopic (exact) mass is 828 g/mol. The molecule has 4 aliphatic heterocycles. The van der Waals surface area contributed by atoms with Crippen molar-refractivity contribution < 1.29 is 66.9 Å². The van der Waals surface area contributed by atoms with Crippen LogP contribution in [0.3, 0.4) is 0 Å². The third-order valence-corrected chi connectivity index (χ3v) is 11.1. The van der Waals surface area contributed by atoms with Gasteiger partial charge in [-0.1, -0.05) is 81.9 Å². The average molecular weight is 829 g/mol. The van der Waals surface area contributed by atoms with Crippen LogP contribution in [-0.4, -0.2) is 109 Å². The lowest BCUT2D eigenvalue weighted by Gasteiger charge is -2.47. The van der Waals surface area contributed by atoms with Crippen molar-refractivity contribution in [1.29, 1.82) is 0 Å². The van der Waals surface area contributed by atoms with Gasteiger partial charge in [0.2, 0.25) is 0 Å². The summed E-state index contributed by atoms with van der Waals surface area (Å²) in [5, 5.41) is 12.1. The number of benzene rings is 1. The number of carbonyl (C=O) groups is 4. The fraction of sp³-hybridized carbons (Fsp3) is 0.689. The molecule has 1 aromatic rings. The molecule has 0 spiro atoms. The Balaban J connectivity index is 1.51. The van der Waals surface area contributed by atoms with Crippen LogP contribution >= 0.6 is 0 Å². The van der Waals surface area contributed by atoms with Crippen LogP contribution in [0.25, 0.3) is 6.08 Å². The second kappa shape index (κ2) is 22.4. The molecule has 0 amide bonds. The highest BCUT2D eigenvalue weighted by molar-refractivity contribution is 5.88. The van der Waals surface area contributed by atoms with E-state index in [1.165, 1.54) is 6.08 Å². The van der Waals surface area contributed by atoms with Gasteiger partial charge < -0.3 is 47.7 Å². The topological polar surface area (TPSA) is 172 Å². The molecule has 2 bridgehead atoms. The zero-order chi connectivity index (χ0) is 42.5. The lowest BCUT2D eigenvalue weighted by atomic mass is 9.96. The van der Waals surface area contributed by atoms with Gasteiger partial charge in [-0.15, -0.1) is 0 Å². The normalized spacial score (nSPS) is 33.9. The van der Waals surface area contributed by atoms with Gasteiger partial charge in [-0.3, -0.25) is 9.59 Å². The second-order valence-corrected chi connectivity index (χ2v) is 16.3. The fourth-order valence-electron chi connectivity index (χ4n) is 7.77. The van der Waals surface area contributed by atoms with E-state index < -0.39 is 91.7 Å². The third-order valence-electron chi connectivity index (χ3n) is 11.1. The first-order chi connectivity index (χ1) is 28.3. The molecular formula is C45H64O14. The maximum absolute atomic E-state index is 13.4. The highest BCUT2D eigenvalue weighted by Gasteiger charge is 2.58. The van der Waals surface area contributed by atoms with Gasteiger partial charge in [0.1, 0.15) is 42.9 Å². The molecule has 4 aliphatic rings. The van der Waals surface area contributed by atoms with Crippen LogP contribution in [0.15, 0.2) is 48.1 Å². The molecule has 1 N–H and O–H groups in total. The first-order valence-electron chi connectivity index (χ1n) is 21.4. The van der Waals surface area contributed by atoms with Crippen molar-refractivity contribution in [3.63, 3.8) is 0 Å². The molecule has 14 heteroatoms. The van der Waals surface area contributed by atoms with Crippen LogP contribution in [0.1, 0.15) is 124 Å². The van der Waals surface area contributed by atoms with E-state index in [4.69, 9.17) is 42.6 Å². The molecule has 4 fully saturated rings. The van der Waals surface area contributed by atoms with Gasteiger partial charge in [-0.25, -0.2) is 9.59 Å². The molecule has 11 atom stereocenters. The molecule has 4 saturated heterocycles. The number of aliphatic hydroxyl groups excluding tert-OH is 1. The Kier molecular flexibility index (Phi) is 17.7. The number of rotatable bonds is 9. The number of carbonyl (C=O) groups excluding carboxylic acids is 4. The Morgan fingerprint density at radius 1 is 0.864 bits per heavy atom. The number of Topliss-reactive ketones (excluding diaryl/α,β-unsaturated/α-hetero) is 1. The molecule has 0 radical (unpaired) electrons. The van der Waals surface area contributed by atoms with Crippen molar-refractivity contribution in [1.82, 2.24) is 0 Å². The average Bonchev–Trinajstić information content (AvgIpc) is 3.55. The van der Waals surface area contributed by atoms with Gasteiger partial charge in [-0.2, -0.15) is 0 Å². The van der Waals surface area contributed by atoms with Crippen molar-refractivity contribution in [2.75, 3.05) is 6.61 Å². The van der Waals surface area contributed by atoms with E-state index in [0.717, 1.165) is 56.9 Å². The summed E-state index contributed by atoms with van der Waals surface area (Å²) in [5.74, 6) is -3.34. The number of cyclic esters (lactones) is 1. The third kappa shape index (κ3) is 13.5. The molecule has 14 nitrogen and oxygen atoms in total. The molecule has 0 unspecified atom stereocenters. The number of aliphatic hydroxyl groups is 1. The van der Waals surface area contributed by atoms with Gasteiger partial charge in [0.25, 0.3) is 0 Å². The van der Waals surface area contributed by atoms with E-state index in [1.54, 1.807) is 52.0 Å². The molecule has 1 aromatic carbocycles. The van der Waals surface area contributed by atoms with Crippen molar-refractivity contribution in [2.45, 2.75) is 192 Å². The van der Waals surface area contributed by atoms with Crippen molar-refractivity contribution in [2.24, 2.45) is 0 Å². The first-order valence-corrected chi connectivity index (χ1v) is 21.4. The highest BCUT2D eigenvalue weighted by Crippen LogP contribution is 2.41. The van der Waals surface area contributed by atoms with E-state index >= 15 is 0 Å². The number of hydrogen-bond donors (Lipinski definition) is 1. The molecule has 59 heavy (non-hydrogen) atoms. The predicted octanol–water partition coefficient (Wildman–Crippen LogP) is 6.44. The Labute approximate surface area is 348 Å². The summed E-state index contributed by atoms with van der Waals surface area (Å²) < 4.78 is 56.5. The second-order valence-electron chi connectivity index (χ2n) is 16.3. The number of fused-ring (bicyclic) bond motifs is 5. The maximum Gasteiger partial charge on any atom is 0.333 e. The van der Waals surface area contributed by atoms with Crippen LogP contribution in [0, 0.1) is 0 Å². The first kappa shape index (κ1) is 46.6. The summed E-state index contributed by atoms with van der Waals surface area (Å²) in [6.45, 7) is 10.3. The number of allylic oxidation sites excluding steroid dienone is 1. The summed E-state index contributed by atoms with van der Waals surface area (Å²) >= 11 is 0. The largest absolute Gasteiger partial charge is 0.463 e. The Morgan fingerprint density at radius 2 is 1.61 bits per heavy atom. The van der Waals surface area contributed by atoms with Gasteiger partial charge >= 0.3 is 17.9 Å². The van der Waals surface area contributed by atoms with Crippen LogP contribution in [0.5, 0.6) is 0 Å². The van der Waals surface area contributed by atoms with Crippen LogP contribution in [0.4, 0.5) is 0 Å². The van der Waals surface area contributed by atoms with Crippen LogP contribution < -0.4 is 0 Å². The molecule has 0 aliphatic carbocycles. The standard InChI is InChI=1S/C45H64O14/c1-7-9-13-21-32-22-17-11-10-16-20-31(46)24-26-34(47)51-27-33-38(55-35(48)25-23-30-18-14-12-15-19-30)39(56-42(50)28(3)8-2)36(49)43(54-33)57-41-40-37(58-45(5,6)59-40)29(4)52-44(41)53-32/h8,12,14-15,18-19,23,25,29,32-33,36-41,43-44,49H,7,9-11,13,16-17,20-22,24,26-27H2,1-6H3/b25-23+,28-8+/t29-,32+,33-,36-,37+,38-,39-,40+,41-,43+,44+/m1/s1. The minimum atomic E-state index is -1.74. The summed E-state index contributed by atoms with van der Waals surface area (Å²) in [7, 11) is 0. The van der Waals surface area contributed by atoms with E-state index in [1.807, 2.05) is 25.1 Å². The van der Waals surface area contributed by atoms with E-state index in [0.29, 0.717) is 12.8 Å². The van der Waals surface area contributed by atoms with E-state index in [2.05, 4.69) is 6.92 Å². The summed E-state index contributed by atoms with van der Waals surface area (Å²) in [5.41, 5.74) is 0.957. The molecule has 0 saturated carbocycles. The highest BCUT2D eigenvalue weighted by atomic mass is 16.8. The summed E-state index contributed by atoms with van der Waals surface area (Å²) in [4.78, 5) is 52.5. The van der Waals surface area contributed by atoms with E-state index in [-0.39, 0.29) is 30.3 Å². The maximum atomic E-state index is 13.4. The van der Waals surface area contributed by atoms with Gasteiger partial charge in [0, 0.05) is 24.5 Å². The SMILES string of the molecule is C/C=C(\C)C(=O)O[C@@H]1[C@@H](O)[C@@H]2O[C@H]3[C@H](O[C@@H](CCCCC)CCCCCCC(=O)CCC(=O)OC[C@@H](O2)[C@H]1OC(=O)/C=C/c1ccccc1)O[C@H](C)[C@@H]1OC(C)(C)O[C@@H]13. The molecular weight excluding hydrogens is 764 g/mol. The zero-order valence-electron chi connectivity index (χ0n) is 35.4. The van der Waals surface area contributed by atoms with Crippen molar-refractivity contribution >= 4 is 29.8 Å². The smallest absolute Gasteiger partial charge is 0.333 e. The fourth-order valence-corrected chi connectivity index (χ4v) is 7.77. The molecule has 5 rings (SSSR count). The lowest BCUT2D eigenvalue weighted by Crippen LogP contribution is -2.65. The number of esters is 3. The Hall–Kier alpha value is -3.50. The van der Waals surface area contributed by atoms with E-state index in [9.17, 15) is 24.3 Å². The Morgan fingerprint density at radius 3 is 2.36 bits per heavy atom. The van der Waals surface area contributed by atoms with Crippen molar-refractivity contribution in [3.05, 3.63) is 53.6 Å². The Bertz CT molecular complexity index is 1590. The van der Waals surface area contributed by atoms with Gasteiger partial charge in [0.05, 0.1) is 18.6 Å². The molecule has 328 valence electrons. The minimum absolute atomic E-state index is 0.0101. The number of ether oxygens (including phenoxy) is 9. The van der Waals surface area contributed by atoms with Crippen LogP contribution in [0.2, 0.25) is 0 Å². The summed E-state index contributed by atoms with van der Waals surface area (Å²) in [6, 6.07) is 9.07. The van der Waals surface area contributed by atoms with Crippen LogP contribution in [-0.2, 0) is 61.8 Å². The zero-order valence-corrected chi connectivity index (χ0v) is 35.4. The van der Waals surface area contributed by atoms with Crippen molar-refractivity contribution in [3.8, 4) is 0 Å². The molecule has 0 aromatic heterocycles. The lowest BCUT2D eigenvalue weighted by molar-refractivity contribution is -0.362. The molecule has 4 heterocycles.